The molecule has 4 aromatic rings. The molecule has 1 heteroatoms. The third kappa shape index (κ3) is 2.24. The van der Waals surface area contributed by atoms with Gasteiger partial charge in [-0.25, -0.2) is 0 Å². The van der Waals surface area contributed by atoms with E-state index in [0.717, 1.165) is 6.42 Å². The van der Waals surface area contributed by atoms with Crippen molar-refractivity contribution in [3.63, 3.8) is 0 Å². The van der Waals surface area contributed by atoms with Crippen LogP contribution in [-0.2, 0) is 6.42 Å². The van der Waals surface area contributed by atoms with E-state index >= 15 is 0 Å². The Balaban J connectivity index is 2.01. The van der Waals surface area contributed by atoms with E-state index in [-0.39, 0.29) is 0 Å². The molecule has 0 bridgehead atoms. The molecule has 0 radical (unpaired) electrons. The van der Waals surface area contributed by atoms with Gasteiger partial charge in [0.2, 0.25) is 0 Å². The van der Waals surface area contributed by atoms with Gasteiger partial charge in [-0.3, -0.25) is 0 Å². The molecule has 0 nitrogen and oxygen atoms in total. The maximum Gasteiger partial charge on any atom is 0.00923 e. The maximum absolute atomic E-state index is 2.30. The lowest BCUT2D eigenvalue weighted by Gasteiger charge is -2.11. The van der Waals surface area contributed by atoms with Crippen molar-refractivity contribution in [2.75, 3.05) is 0 Å². The number of fused-ring (bicyclic) bond motifs is 2. The van der Waals surface area contributed by atoms with Crippen molar-refractivity contribution in [3.05, 3.63) is 82.0 Å². The third-order valence-electron chi connectivity index (χ3n) is 4.03. The van der Waals surface area contributed by atoms with Gasteiger partial charge < -0.3 is 0 Å². The largest absolute Gasteiger partial charge is 0.145 e. The Morgan fingerprint density at radius 1 is 0.762 bits per heavy atom. The molecule has 1 heterocycles. The molecule has 0 spiro atoms. The molecule has 102 valence electrons. The highest BCUT2D eigenvalue weighted by Gasteiger charge is 2.09. The van der Waals surface area contributed by atoms with Crippen LogP contribution < -0.4 is 0 Å². The summed E-state index contributed by atoms with van der Waals surface area (Å²) < 4.78 is 0. The van der Waals surface area contributed by atoms with Crippen LogP contribution in [0, 0.1) is 6.92 Å². The fourth-order valence-electron chi connectivity index (χ4n) is 3.05. The number of rotatable bonds is 2. The van der Waals surface area contributed by atoms with E-state index in [9.17, 15) is 0 Å². The Morgan fingerprint density at radius 3 is 1.95 bits per heavy atom. The molecule has 0 aliphatic rings. The fourth-order valence-corrected chi connectivity index (χ4v) is 3.96. The second-order valence-electron chi connectivity index (χ2n) is 5.49. The first kappa shape index (κ1) is 12.6. The predicted molar refractivity (Wildman–Crippen MR) is 93.3 cm³/mol. The SMILES string of the molecule is Cc1ccc(Cc2c3ccccc3cc3ccccc23)s1. The molecule has 0 fully saturated rings. The second-order valence-corrected chi connectivity index (χ2v) is 6.86. The summed E-state index contributed by atoms with van der Waals surface area (Å²) in [5.74, 6) is 0. The van der Waals surface area contributed by atoms with Crippen molar-refractivity contribution in [1.82, 2.24) is 0 Å². The van der Waals surface area contributed by atoms with Crippen LogP contribution >= 0.6 is 11.3 Å². The van der Waals surface area contributed by atoms with Gasteiger partial charge in [-0.15, -0.1) is 11.3 Å². The van der Waals surface area contributed by atoms with E-state index in [1.54, 1.807) is 0 Å². The minimum atomic E-state index is 1.01. The first-order chi connectivity index (χ1) is 10.3. The number of thiophene rings is 1. The molecular weight excluding hydrogens is 272 g/mol. The predicted octanol–water partition coefficient (Wildman–Crippen LogP) is 5.95. The molecule has 1 aromatic heterocycles. The van der Waals surface area contributed by atoms with E-state index in [2.05, 4.69) is 73.7 Å². The average Bonchev–Trinajstić information content (AvgIpc) is 2.92. The van der Waals surface area contributed by atoms with Crippen molar-refractivity contribution < 1.29 is 0 Å². The van der Waals surface area contributed by atoms with E-state index in [1.807, 2.05) is 11.3 Å². The van der Waals surface area contributed by atoms with Gasteiger partial charge in [-0.2, -0.15) is 0 Å². The summed E-state index contributed by atoms with van der Waals surface area (Å²) in [5.41, 5.74) is 1.45. The van der Waals surface area contributed by atoms with Gasteiger partial charge in [0.05, 0.1) is 0 Å². The summed E-state index contributed by atoms with van der Waals surface area (Å²) in [6.07, 6.45) is 1.01. The zero-order valence-electron chi connectivity index (χ0n) is 12.0. The summed E-state index contributed by atoms with van der Waals surface area (Å²) in [7, 11) is 0. The molecule has 21 heavy (non-hydrogen) atoms. The number of benzene rings is 3. The zero-order valence-corrected chi connectivity index (χ0v) is 12.8. The standard InChI is InChI=1S/C20H16S/c1-14-10-11-17(21-14)13-20-18-8-4-2-6-15(18)12-16-7-3-5-9-19(16)20/h2-12H,13H2,1H3. The monoisotopic (exact) mass is 288 g/mol. The van der Waals surface area contributed by atoms with Crippen molar-refractivity contribution in [2.45, 2.75) is 13.3 Å². The Labute approximate surface area is 128 Å². The molecule has 0 atom stereocenters. The highest BCUT2D eigenvalue weighted by molar-refractivity contribution is 7.11. The van der Waals surface area contributed by atoms with Gasteiger partial charge in [0, 0.05) is 16.2 Å². The third-order valence-corrected chi connectivity index (χ3v) is 5.03. The Morgan fingerprint density at radius 2 is 1.38 bits per heavy atom. The van der Waals surface area contributed by atoms with Crippen molar-refractivity contribution >= 4 is 32.9 Å². The summed E-state index contributed by atoms with van der Waals surface area (Å²) >= 11 is 1.90. The number of aryl methyl sites for hydroxylation is 1. The lowest BCUT2D eigenvalue weighted by atomic mass is 9.94. The van der Waals surface area contributed by atoms with Crippen LogP contribution in [0.4, 0.5) is 0 Å². The van der Waals surface area contributed by atoms with E-state index < -0.39 is 0 Å². The van der Waals surface area contributed by atoms with E-state index in [4.69, 9.17) is 0 Å². The van der Waals surface area contributed by atoms with Gasteiger partial charge >= 0.3 is 0 Å². The number of hydrogen-bond donors (Lipinski definition) is 0. The van der Waals surface area contributed by atoms with Crippen molar-refractivity contribution in [2.24, 2.45) is 0 Å². The lowest BCUT2D eigenvalue weighted by molar-refractivity contribution is 1.29. The lowest BCUT2D eigenvalue weighted by Crippen LogP contribution is -1.90. The normalized spacial score (nSPS) is 11.3. The maximum atomic E-state index is 2.30. The Bertz CT molecular complexity index is 877. The topological polar surface area (TPSA) is 0 Å². The minimum Gasteiger partial charge on any atom is -0.145 e. The summed E-state index contributed by atoms with van der Waals surface area (Å²) in [6, 6.07) is 24.2. The molecule has 3 aromatic carbocycles. The number of hydrogen-bond acceptors (Lipinski definition) is 1. The molecule has 0 saturated carbocycles. The molecule has 0 unspecified atom stereocenters. The summed E-state index contributed by atoms with van der Waals surface area (Å²) in [6.45, 7) is 2.18. The molecule has 0 aliphatic carbocycles. The van der Waals surface area contributed by atoms with Crippen LogP contribution in [0.25, 0.3) is 21.5 Å². The summed E-state index contributed by atoms with van der Waals surface area (Å²) in [5, 5.41) is 5.42. The van der Waals surface area contributed by atoms with Crippen LogP contribution in [0.2, 0.25) is 0 Å². The van der Waals surface area contributed by atoms with Gasteiger partial charge in [0.25, 0.3) is 0 Å². The molecule has 0 amide bonds. The highest BCUT2D eigenvalue weighted by atomic mass is 32.1. The Hall–Kier alpha value is -2.12. The first-order valence-electron chi connectivity index (χ1n) is 7.26. The second kappa shape index (κ2) is 5.01. The van der Waals surface area contributed by atoms with Gasteiger partial charge in [-0.1, -0.05) is 48.5 Å². The van der Waals surface area contributed by atoms with Crippen molar-refractivity contribution in [3.8, 4) is 0 Å². The minimum absolute atomic E-state index is 1.01. The quantitative estimate of drug-likeness (QED) is 0.400. The Kier molecular flexibility index (Phi) is 3.01. The van der Waals surface area contributed by atoms with Crippen LogP contribution in [0.5, 0.6) is 0 Å². The van der Waals surface area contributed by atoms with Crippen LogP contribution in [0.15, 0.2) is 66.7 Å². The molecule has 0 saturated heterocycles. The van der Waals surface area contributed by atoms with Crippen molar-refractivity contribution in [1.29, 1.82) is 0 Å². The zero-order chi connectivity index (χ0) is 14.2. The van der Waals surface area contributed by atoms with Gasteiger partial charge in [0.15, 0.2) is 0 Å². The van der Waals surface area contributed by atoms with E-state index in [0.29, 0.717) is 0 Å². The first-order valence-corrected chi connectivity index (χ1v) is 8.07. The average molecular weight is 288 g/mol. The van der Waals surface area contributed by atoms with Gasteiger partial charge in [0.1, 0.15) is 0 Å². The van der Waals surface area contributed by atoms with Crippen LogP contribution in [-0.4, -0.2) is 0 Å². The molecular formula is C20H16S. The molecule has 4 rings (SSSR count). The van der Waals surface area contributed by atoms with Crippen LogP contribution in [0.1, 0.15) is 15.3 Å². The highest BCUT2D eigenvalue weighted by Crippen LogP contribution is 2.31. The van der Waals surface area contributed by atoms with Gasteiger partial charge in [-0.05, 0) is 52.2 Å². The molecule has 0 aliphatic heterocycles. The smallest absolute Gasteiger partial charge is 0.00923 e. The van der Waals surface area contributed by atoms with E-state index in [1.165, 1.54) is 36.9 Å². The molecule has 0 N–H and O–H groups in total. The van der Waals surface area contributed by atoms with Crippen LogP contribution in [0.3, 0.4) is 0 Å². The fraction of sp³-hybridized carbons (Fsp3) is 0.100. The summed E-state index contributed by atoms with van der Waals surface area (Å²) in [4.78, 5) is 2.82.